The van der Waals surface area contributed by atoms with Gasteiger partial charge in [0.1, 0.15) is 5.82 Å². The minimum Gasteiger partial charge on any atom is -0.258 e. The number of hydrogen-bond acceptors (Lipinski definition) is 1. The molecule has 0 unspecified atom stereocenters. The van der Waals surface area contributed by atoms with E-state index in [1.54, 1.807) is 6.07 Å². The Morgan fingerprint density at radius 3 is 2.07 bits per heavy atom. The first kappa shape index (κ1) is 14.1. The van der Waals surface area contributed by atoms with E-state index in [4.69, 9.17) is 0 Å². The highest BCUT2D eigenvalue weighted by atomic mass is 19.1. The van der Waals surface area contributed by atoms with Crippen molar-refractivity contribution in [3.05, 3.63) is 29.8 Å². The number of pyridine rings is 1. The molecule has 1 nitrogen and oxygen atoms in total. The second kappa shape index (κ2) is 5.84. The summed E-state index contributed by atoms with van der Waals surface area (Å²) in [4.78, 5) is 4.10. The molecule has 0 aromatic carbocycles. The van der Waals surface area contributed by atoms with Crippen LogP contribution in [0.1, 0.15) is 47.2 Å². The molecule has 0 bridgehead atoms. The molecule has 0 saturated heterocycles. The van der Waals surface area contributed by atoms with Gasteiger partial charge in [-0.2, -0.15) is 0 Å². The SMILES string of the molecule is CC.CC(C)C(C)(C)c1ccc(F)cn1. The van der Waals surface area contributed by atoms with E-state index in [0.29, 0.717) is 5.92 Å². The molecule has 0 N–H and O–H groups in total. The van der Waals surface area contributed by atoms with Gasteiger partial charge in [0, 0.05) is 11.1 Å². The fourth-order valence-corrected chi connectivity index (χ4v) is 1.05. The summed E-state index contributed by atoms with van der Waals surface area (Å²) in [6.45, 7) is 12.5. The summed E-state index contributed by atoms with van der Waals surface area (Å²) in [5.41, 5.74) is 0.956. The summed E-state index contributed by atoms with van der Waals surface area (Å²) >= 11 is 0. The van der Waals surface area contributed by atoms with Crippen molar-refractivity contribution >= 4 is 0 Å². The molecule has 1 rings (SSSR count). The Morgan fingerprint density at radius 1 is 1.20 bits per heavy atom. The number of hydrogen-bond donors (Lipinski definition) is 0. The summed E-state index contributed by atoms with van der Waals surface area (Å²) < 4.78 is 12.6. The number of aromatic nitrogens is 1. The van der Waals surface area contributed by atoms with E-state index >= 15 is 0 Å². The largest absolute Gasteiger partial charge is 0.258 e. The molecule has 2 heteroatoms. The Hall–Kier alpha value is -0.920. The molecular weight excluding hydrogens is 189 g/mol. The maximum Gasteiger partial charge on any atom is 0.141 e. The van der Waals surface area contributed by atoms with Gasteiger partial charge in [-0.05, 0) is 18.1 Å². The lowest BCUT2D eigenvalue weighted by atomic mass is 9.78. The van der Waals surface area contributed by atoms with Crippen LogP contribution in [0.25, 0.3) is 0 Å². The van der Waals surface area contributed by atoms with E-state index in [1.807, 2.05) is 13.8 Å². The fourth-order valence-electron chi connectivity index (χ4n) is 1.05. The molecule has 0 spiro atoms. The minimum atomic E-state index is -0.275. The van der Waals surface area contributed by atoms with Crippen LogP contribution in [0.5, 0.6) is 0 Å². The molecule has 1 aromatic rings. The van der Waals surface area contributed by atoms with Crippen LogP contribution in [-0.2, 0) is 5.41 Å². The fraction of sp³-hybridized carbons (Fsp3) is 0.615. The van der Waals surface area contributed by atoms with Crippen LogP contribution in [0.4, 0.5) is 4.39 Å². The topological polar surface area (TPSA) is 12.9 Å². The lowest BCUT2D eigenvalue weighted by Crippen LogP contribution is -2.25. The molecule has 15 heavy (non-hydrogen) atoms. The number of halogens is 1. The number of nitrogens with zero attached hydrogens (tertiary/aromatic N) is 1. The van der Waals surface area contributed by atoms with Gasteiger partial charge in [-0.1, -0.05) is 41.5 Å². The smallest absolute Gasteiger partial charge is 0.141 e. The van der Waals surface area contributed by atoms with Gasteiger partial charge in [0.2, 0.25) is 0 Å². The average molecular weight is 211 g/mol. The monoisotopic (exact) mass is 211 g/mol. The van der Waals surface area contributed by atoms with Crippen molar-refractivity contribution in [1.82, 2.24) is 4.98 Å². The van der Waals surface area contributed by atoms with Gasteiger partial charge in [0.15, 0.2) is 0 Å². The van der Waals surface area contributed by atoms with Crippen molar-refractivity contribution in [2.24, 2.45) is 5.92 Å². The predicted octanol–water partition coefficient (Wildman–Crippen LogP) is 4.18. The van der Waals surface area contributed by atoms with Crippen LogP contribution in [0.2, 0.25) is 0 Å². The minimum absolute atomic E-state index is 0.00764. The quantitative estimate of drug-likeness (QED) is 0.715. The molecule has 0 saturated carbocycles. The molecule has 0 atom stereocenters. The van der Waals surface area contributed by atoms with Gasteiger partial charge in [-0.15, -0.1) is 0 Å². The first-order valence-corrected chi connectivity index (χ1v) is 5.56. The zero-order chi connectivity index (χ0) is 12.1. The highest BCUT2D eigenvalue weighted by Gasteiger charge is 2.25. The van der Waals surface area contributed by atoms with Gasteiger partial charge in [-0.25, -0.2) is 4.39 Å². The second-order valence-electron chi connectivity index (χ2n) is 4.24. The van der Waals surface area contributed by atoms with Gasteiger partial charge >= 0.3 is 0 Å². The van der Waals surface area contributed by atoms with E-state index in [9.17, 15) is 4.39 Å². The number of rotatable bonds is 2. The zero-order valence-corrected chi connectivity index (χ0v) is 10.6. The van der Waals surface area contributed by atoms with Gasteiger partial charge in [0.05, 0.1) is 6.20 Å². The van der Waals surface area contributed by atoms with Gasteiger partial charge < -0.3 is 0 Å². The standard InChI is InChI=1S/C11H16FN.C2H6/c1-8(2)11(3,4)10-6-5-9(12)7-13-10;1-2/h5-8H,1-4H3;1-2H3. The van der Waals surface area contributed by atoms with Gasteiger partial charge in [0.25, 0.3) is 0 Å². The van der Waals surface area contributed by atoms with Crippen LogP contribution < -0.4 is 0 Å². The highest BCUT2D eigenvalue weighted by molar-refractivity contribution is 5.15. The molecule has 0 fully saturated rings. The maximum atomic E-state index is 12.6. The molecule has 0 aliphatic carbocycles. The Kier molecular flexibility index (Phi) is 5.48. The highest BCUT2D eigenvalue weighted by Crippen LogP contribution is 2.29. The van der Waals surface area contributed by atoms with Crippen molar-refractivity contribution in [1.29, 1.82) is 0 Å². The van der Waals surface area contributed by atoms with Crippen LogP contribution in [0.15, 0.2) is 18.3 Å². The van der Waals surface area contributed by atoms with Crippen LogP contribution in [-0.4, -0.2) is 4.98 Å². The molecular formula is C13H22FN. The van der Waals surface area contributed by atoms with Crippen LogP contribution in [0, 0.1) is 11.7 Å². The first-order chi connectivity index (χ1) is 6.94. The Balaban J connectivity index is 0.000000921. The van der Waals surface area contributed by atoms with Crippen LogP contribution >= 0.6 is 0 Å². The van der Waals surface area contributed by atoms with E-state index < -0.39 is 0 Å². The lowest BCUT2D eigenvalue weighted by molar-refractivity contribution is 0.361. The summed E-state index contributed by atoms with van der Waals surface area (Å²) in [7, 11) is 0. The van der Waals surface area contributed by atoms with E-state index in [2.05, 4.69) is 32.7 Å². The molecule has 86 valence electrons. The average Bonchev–Trinajstić information content (AvgIpc) is 2.21. The molecule has 0 aliphatic heterocycles. The Labute approximate surface area is 92.7 Å². The van der Waals surface area contributed by atoms with Crippen LogP contribution in [0.3, 0.4) is 0 Å². The maximum absolute atomic E-state index is 12.6. The van der Waals surface area contributed by atoms with Crippen molar-refractivity contribution in [2.45, 2.75) is 47.0 Å². The summed E-state index contributed by atoms with van der Waals surface area (Å²) in [5.74, 6) is 0.216. The predicted molar refractivity (Wildman–Crippen MR) is 63.4 cm³/mol. The van der Waals surface area contributed by atoms with Crippen molar-refractivity contribution in [3.8, 4) is 0 Å². The zero-order valence-electron chi connectivity index (χ0n) is 10.6. The molecule has 0 amide bonds. The summed E-state index contributed by atoms with van der Waals surface area (Å²) in [5, 5.41) is 0. The Bertz CT molecular complexity index is 275. The molecule has 1 heterocycles. The van der Waals surface area contributed by atoms with E-state index in [-0.39, 0.29) is 11.2 Å². The van der Waals surface area contributed by atoms with E-state index in [1.165, 1.54) is 12.3 Å². The lowest BCUT2D eigenvalue weighted by Gasteiger charge is -2.28. The van der Waals surface area contributed by atoms with Crippen molar-refractivity contribution in [3.63, 3.8) is 0 Å². The third-order valence-electron chi connectivity index (χ3n) is 2.83. The first-order valence-electron chi connectivity index (χ1n) is 5.56. The van der Waals surface area contributed by atoms with Gasteiger partial charge in [-0.3, -0.25) is 4.98 Å². The van der Waals surface area contributed by atoms with Crippen molar-refractivity contribution in [2.75, 3.05) is 0 Å². The third kappa shape index (κ3) is 3.61. The third-order valence-corrected chi connectivity index (χ3v) is 2.83. The normalized spacial score (nSPS) is 10.9. The van der Waals surface area contributed by atoms with E-state index in [0.717, 1.165) is 5.69 Å². The summed E-state index contributed by atoms with van der Waals surface area (Å²) in [6, 6.07) is 3.22. The summed E-state index contributed by atoms with van der Waals surface area (Å²) in [6.07, 6.45) is 1.28. The second-order valence-corrected chi connectivity index (χ2v) is 4.24. The molecule has 1 aromatic heterocycles. The molecule has 0 radical (unpaired) electrons. The molecule has 0 aliphatic rings. The van der Waals surface area contributed by atoms with Crippen molar-refractivity contribution < 1.29 is 4.39 Å². The Morgan fingerprint density at radius 2 is 1.73 bits per heavy atom.